The number of carbonyl (C=O) groups is 1. The van der Waals surface area contributed by atoms with Gasteiger partial charge in [-0.15, -0.1) is 0 Å². The highest BCUT2D eigenvalue weighted by molar-refractivity contribution is 7.93. The predicted molar refractivity (Wildman–Crippen MR) is 131 cm³/mol. The van der Waals surface area contributed by atoms with Crippen LogP contribution in [0.5, 0.6) is 0 Å². The van der Waals surface area contributed by atoms with Crippen molar-refractivity contribution >= 4 is 59.7 Å². The molecule has 0 aliphatic carbocycles. The van der Waals surface area contributed by atoms with Crippen LogP contribution in [0, 0.1) is 10.1 Å². The minimum Gasteiger partial charge on any atom is -0.413 e. The zero-order valence-electron chi connectivity index (χ0n) is 17.7. The van der Waals surface area contributed by atoms with E-state index < -0.39 is 25.8 Å². The van der Waals surface area contributed by atoms with Crippen molar-refractivity contribution in [2.24, 2.45) is 0 Å². The average Bonchev–Trinajstić information content (AvgIpc) is 3.25. The molecule has 1 amide bonds. The van der Waals surface area contributed by atoms with E-state index >= 15 is 0 Å². The van der Waals surface area contributed by atoms with Gasteiger partial charge in [-0.05, 0) is 24.3 Å². The third kappa shape index (κ3) is 3.86. The number of benzene rings is 4. The fraction of sp³-hybridized carbons (Fsp3) is 0. The highest BCUT2D eigenvalue weighted by Gasteiger charge is 2.34. The highest BCUT2D eigenvalue weighted by Crippen LogP contribution is 2.38. The molecule has 35 heavy (non-hydrogen) atoms. The molecule has 4 aromatic carbocycles. The molecule has 0 N–H and O–H groups in total. The average molecular weight is 507 g/mol. The van der Waals surface area contributed by atoms with E-state index in [0.29, 0.717) is 19.8 Å². The summed E-state index contributed by atoms with van der Waals surface area (Å²) in [6.07, 6.45) is 0. The third-order valence-electron chi connectivity index (χ3n) is 5.31. The minimum atomic E-state index is -4.48. The van der Waals surface area contributed by atoms with Gasteiger partial charge in [-0.2, -0.15) is 4.31 Å². The van der Waals surface area contributed by atoms with Crippen molar-refractivity contribution < 1.29 is 22.6 Å². The van der Waals surface area contributed by atoms with Crippen LogP contribution in [0.15, 0.2) is 99.0 Å². The van der Waals surface area contributed by atoms with E-state index in [9.17, 15) is 28.1 Å². The molecule has 0 saturated carbocycles. The van der Waals surface area contributed by atoms with E-state index in [1.165, 1.54) is 48.5 Å². The van der Waals surface area contributed by atoms with Gasteiger partial charge < -0.3 is 4.42 Å². The molecule has 9 nitrogen and oxygen atoms in total. The van der Waals surface area contributed by atoms with Gasteiger partial charge in [0.25, 0.3) is 21.6 Å². The van der Waals surface area contributed by atoms with Crippen molar-refractivity contribution in [1.82, 2.24) is 0 Å². The van der Waals surface area contributed by atoms with Gasteiger partial charge in [0.15, 0.2) is 5.58 Å². The predicted octanol–water partition coefficient (Wildman–Crippen LogP) is 4.95. The van der Waals surface area contributed by atoms with Crippen LogP contribution in [-0.2, 0) is 10.0 Å². The van der Waals surface area contributed by atoms with Crippen LogP contribution >= 0.6 is 11.3 Å². The zero-order valence-corrected chi connectivity index (χ0v) is 19.3. The SMILES string of the molecule is O=C(c1cccc([N+](=O)[O-])c1)N(c1cc2sc(=O)oc2c2ccccc12)S(=O)(=O)c1ccccc1. The summed E-state index contributed by atoms with van der Waals surface area (Å²) in [7, 11) is -4.48. The van der Waals surface area contributed by atoms with E-state index in [1.807, 2.05) is 0 Å². The number of anilines is 1. The maximum Gasteiger partial charge on any atom is 0.396 e. The number of nitro groups is 1. The van der Waals surface area contributed by atoms with Gasteiger partial charge in [-0.3, -0.25) is 14.9 Å². The lowest BCUT2D eigenvalue weighted by Gasteiger charge is -2.24. The molecular formula is C24H14N2O7S2. The van der Waals surface area contributed by atoms with Crippen LogP contribution in [0.1, 0.15) is 10.4 Å². The molecule has 0 saturated heterocycles. The fourth-order valence-electron chi connectivity index (χ4n) is 3.76. The van der Waals surface area contributed by atoms with Crippen molar-refractivity contribution in [3.63, 3.8) is 0 Å². The maximum atomic E-state index is 13.8. The number of carbonyl (C=O) groups excluding carboxylic acids is 1. The quantitative estimate of drug-likeness (QED) is 0.244. The van der Waals surface area contributed by atoms with Crippen molar-refractivity contribution in [3.8, 4) is 0 Å². The fourth-order valence-corrected chi connectivity index (χ4v) is 5.93. The van der Waals surface area contributed by atoms with E-state index in [1.54, 1.807) is 30.3 Å². The summed E-state index contributed by atoms with van der Waals surface area (Å²) in [5.41, 5.74) is -0.283. The Kier molecular flexibility index (Phi) is 5.42. The molecule has 0 radical (unpaired) electrons. The topological polar surface area (TPSA) is 128 Å². The largest absolute Gasteiger partial charge is 0.413 e. The first-order valence-corrected chi connectivity index (χ1v) is 12.4. The molecule has 0 atom stereocenters. The number of nitrogens with zero attached hydrogens (tertiary/aromatic N) is 2. The van der Waals surface area contributed by atoms with Gasteiger partial charge in [-0.25, -0.2) is 13.2 Å². The summed E-state index contributed by atoms with van der Waals surface area (Å²) in [5.74, 6) is -0.988. The number of sulfonamides is 1. The van der Waals surface area contributed by atoms with Crippen molar-refractivity contribution in [3.05, 3.63) is 110 Å². The second kappa shape index (κ2) is 8.46. The molecule has 0 spiro atoms. The van der Waals surface area contributed by atoms with E-state index in [0.717, 1.165) is 17.4 Å². The first-order chi connectivity index (χ1) is 16.8. The molecule has 0 aliphatic heterocycles. The van der Waals surface area contributed by atoms with Crippen molar-refractivity contribution in [2.75, 3.05) is 4.31 Å². The molecule has 1 heterocycles. The van der Waals surface area contributed by atoms with Crippen molar-refractivity contribution in [1.29, 1.82) is 0 Å². The molecule has 11 heteroatoms. The van der Waals surface area contributed by atoms with Gasteiger partial charge in [0.1, 0.15) is 0 Å². The molecule has 0 aliphatic rings. The molecule has 0 bridgehead atoms. The second-order valence-electron chi connectivity index (χ2n) is 7.42. The molecular weight excluding hydrogens is 492 g/mol. The normalized spacial score (nSPS) is 11.5. The van der Waals surface area contributed by atoms with Gasteiger partial charge in [0.2, 0.25) is 0 Å². The smallest absolute Gasteiger partial charge is 0.396 e. The third-order valence-corrected chi connectivity index (χ3v) is 7.79. The zero-order chi connectivity index (χ0) is 24.7. The Morgan fingerprint density at radius 3 is 2.31 bits per heavy atom. The first kappa shape index (κ1) is 22.4. The Morgan fingerprint density at radius 1 is 0.914 bits per heavy atom. The number of rotatable bonds is 5. The summed E-state index contributed by atoms with van der Waals surface area (Å²) in [5, 5.41) is 12.1. The van der Waals surface area contributed by atoms with Crippen LogP contribution in [0.25, 0.3) is 21.1 Å². The maximum absolute atomic E-state index is 13.8. The number of fused-ring (bicyclic) bond motifs is 3. The lowest BCUT2D eigenvalue weighted by molar-refractivity contribution is -0.384. The summed E-state index contributed by atoms with van der Waals surface area (Å²) < 4.78 is 34.0. The van der Waals surface area contributed by atoms with Crippen LogP contribution in [0.2, 0.25) is 0 Å². The molecule has 1 aromatic heterocycles. The highest BCUT2D eigenvalue weighted by atomic mass is 32.2. The van der Waals surface area contributed by atoms with E-state index in [4.69, 9.17) is 4.42 Å². The molecule has 0 fully saturated rings. The monoisotopic (exact) mass is 506 g/mol. The molecule has 5 aromatic rings. The lowest BCUT2D eigenvalue weighted by Crippen LogP contribution is -2.37. The number of hydrogen-bond donors (Lipinski definition) is 0. The Balaban J connectivity index is 1.84. The van der Waals surface area contributed by atoms with E-state index in [-0.39, 0.29) is 27.4 Å². The van der Waals surface area contributed by atoms with Crippen LogP contribution in [0.3, 0.4) is 0 Å². The van der Waals surface area contributed by atoms with E-state index in [2.05, 4.69) is 0 Å². The lowest BCUT2D eigenvalue weighted by atomic mass is 10.1. The molecule has 5 rings (SSSR count). The van der Waals surface area contributed by atoms with Crippen LogP contribution in [0.4, 0.5) is 11.4 Å². The molecule has 0 unspecified atom stereocenters. The Labute approximate surface area is 201 Å². The van der Waals surface area contributed by atoms with Gasteiger partial charge >= 0.3 is 4.94 Å². The standard InChI is InChI=1S/C24H14N2O7S2/c27-23(15-7-6-8-16(13-15)26(29)30)25(35(31,32)17-9-2-1-3-10-17)20-14-21-22(33-24(28)34-21)19-12-5-4-11-18(19)20/h1-14H. The number of amides is 1. The number of nitro benzene ring substituents is 1. The van der Waals surface area contributed by atoms with Gasteiger partial charge in [0, 0.05) is 28.5 Å². The summed E-state index contributed by atoms with van der Waals surface area (Å²) >= 11 is 0.775. The Hall–Kier alpha value is -4.35. The van der Waals surface area contributed by atoms with Crippen molar-refractivity contribution in [2.45, 2.75) is 4.90 Å². The Bertz CT molecular complexity index is 1790. The first-order valence-electron chi connectivity index (χ1n) is 10.1. The Morgan fingerprint density at radius 2 is 1.60 bits per heavy atom. The van der Waals surface area contributed by atoms with Crippen LogP contribution < -0.4 is 9.24 Å². The number of non-ortho nitro benzene ring substituents is 1. The number of hydrogen-bond acceptors (Lipinski definition) is 8. The summed E-state index contributed by atoms with van der Waals surface area (Å²) in [6.45, 7) is 0. The summed E-state index contributed by atoms with van der Waals surface area (Å²) in [4.78, 5) is 35.6. The summed E-state index contributed by atoms with van der Waals surface area (Å²) in [6, 6.07) is 20.2. The second-order valence-corrected chi connectivity index (χ2v) is 10.2. The van der Waals surface area contributed by atoms with Gasteiger partial charge in [0.05, 0.1) is 20.2 Å². The van der Waals surface area contributed by atoms with Gasteiger partial charge in [-0.1, -0.05) is 59.9 Å². The minimum absolute atomic E-state index is 0.00879. The van der Waals surface area contributed by atoms with Crippen LogP contribution in [-0.4, -0.2) is 19.2 Å². The molecule has 174 valence electrons.